The summed E-state index contributed by atoms with van der Waals surface area (Å²) in [5.41, 5.74) is 0.467. The first-order chi connectivity index (χ1) is 16.9. The maximum Gasteiger partial charge on any atom is 0.259 e. The number of pyridine rings is 1. The molecule has 8 heteroatoms. The standard InChI is InChI=1S/C27H35FN4O3/c1-2-29-26(34)23-18-31(16-20-7-4-3-5-8-20)19-24(25(23)33)27(35)32-13-11-30(12-14-32)17-21-9-6-10-22(28)15-21/h6,9-10,15,18-20H,2-5,7-8,11-14,16-17H2,1H3,(H,29,34). The number of rotatable bonds is 7. The molecule has 0 unspecified atom stereocenters. The second-order valence-electron chi connectivity index (χ2n) is 9.67. The van der Waals surface area contributed by atoms with Crippen LogP contribution in [0.2, 0.25) is 0 Å². The van der Waals surface area contributed by atoms with Crippen molar-refractivity contribution in [2.24, 2.45) is 5.92 Å². The van der Waals surface area contributed by atoms with Gasteiger partial charge in [0, 0.05) is 58.2 Å². The van der Waals surface area contributed by atoms with Crippen molar-refractivity contribution in [3.05, 3.63) is 69.4 Å². The maximum atomic E-state index is 13.5. The Hall–Kier alpha value is -3.00. The second kappa shape index (κ2) is 11.6. The van der Waals surface area contributed by atoms with Crippen LogP contribution >= 0.6 is 0 Å². The van der Waals surface area contributed by atoms with Gasteiger partial charge in [-0.1, -0.05) is 31.4 Å². The van der Waals surface area contributed by atoms with Crippen LogP contribution in [-0.4, -0.2) is 58.9 Å². The van der Waals surface area contributed by atoms with Gasteiger partial charge in [0.25, 0.3) is 11.8 Å². The summed E-state index contributed by atoms with van der Waals surface area (Å²) in [7, 11) is 0. The summed E-state index contributed by atoms with van der Waals surface area (Å²) in [5, 5.41) is 2.70. The summed E-state index contributed by atoms with van der Waals surface area (Å²) >= 11 is 0. The molecule has 1 N–H and O–H groups in total. The molecule has 2 aromatic rings. The van der Waals surface area contributed by atoms with Crippen LogP contribution in [0.1, 0.15) is 65.3 Å². The van der Waals surface area contributed by atoms with E-state index in [2.05, 4.69) is 10.2 Å². The lowest BCUT2D eigenvalue weighted by Crippen LogP contribution is -2.49. The molecule has 0 radical (unpaired) electrons. The smallest absolute Gasteiger partial charge is 0.259 e. The number of carbonyl (C=O) groups excluding carboxylic acids is 2. The van der Waals surface area contributed by atoms with E-state index in [0.29, 0.717) is 51.7 Å². The summed E-state index contributed by atoms with van der Waals surface area (Å²) < 4.78 is 15.4. The van der Waals surface area contributed by atoms with E-state index in [1.54, 1.807) is 30.3 Å². The van der Waals surface area contributed by atoms with E-state index in [0.717, 1.165) is 18.4 Å². The van der Waals surface area contributed by atoms with Gasteiger partial charge in [0.2, 0.25) is 5.43 Å². The summed E-state index contributed by atoms with van der Waals surface area (Å²) in [6.45, 7) is 5.74. The number of benzene rings is 1. The van der Waals surface area contributed by atoms with E-state index in [1.165, 1.54) is 31.4 Å². The van der Waals surface area contributed by atoms with Gasteiger partial charge in [-0.05, 0) is 43.4 Å². The second-order valence-corrected chi connectivity index (χ2v) is 9.67. The third-order valence-corrected chi connectivity index (χ3v) is 7.04. The fourth-order valence-corrected chi connectivity index (χ4v) is 5.15. The fraction of sp³-hybridized carbons (Fsp3) is 0.519. The molecule has 188 valence electrons. The minimum atomic E-state index is -0.511. The van der Waals surface area contributed by atoms with Gasteiger partial charge in [0.15, 0.2) is 0 Å². The van der Waals surface area contributed by atoms with E-state index in [1.807, 2.05) is 10.6 Å². The van der Waals surface area contributed by atoms with E-state index < -0.39 is 11.3 Å². The van der Waals surface area contributed by atoms with Crippen molar-refractivity contribution in [2.75, 3.05) is 32.7 Å². The zero-order chi connectivity index (χ0) is 24.8. The Morgan fingerprint density at radius 3 is 2.43 bits per heavy atom. The van der Waals surface area contributed by atoms with Crippen molar-refractivity contribution in [3.63, 3.8) is 0 Å². The number of nitrogens with one attached hydrogen (secondary N) is 1. The number of nitrogens with zero attached hydrogens (tertiary/aromatic N) is 3. The van der Waals surface area contributed by atoms with Crippen molar-refractivity contribution < 1.29 is 14.0 Å². The van der Waals surface area contributed by atoms with Gasteiger partial charge in [-0.25, -0.2) is 4.39 Å². The number of piperazine rings is 1. The molecule has 0 atom stereocenters. The summed E-state index contributed by atoms with van der Waals surface area (Å²) in [6, 6.07) is 6.54. The molecule has 1 aromatic heterocycles. The molecular weight excluding hydrogens is 447 g/mol. The molecular formula is C27H35FN4O3. The van der Waals surface area contributed by atoms with Crippen LogP contribution in [0.3, 0.4) is 0 Å². The third-order valence-electron chi connectivity index (χ3n) is 7.04. The number of halogens is 1. The van der Waals surface area contributed by atoms with Crippen molar-refractivity contribution in [1.29, 1.82) is 0 Å². The molecule has 7 nitrogen and oxygen atoms in total. The van der Waals surface area contributed by atoms with E-state index in [9.17, 15) is 18.8 Å². The lowest BCUT2D eigenvalue weighted by atomic mass is 9.89. The number of amides is 2. The molecule has 1 aliphatic carbocycles. The van der Waals surface area contributed by atoms with Gasteiger partial charge in [0.1, 0.15) is 16.9 Å². The van der Waals surface area contributed by atoms with E-state index >= 15 is 0 Å². The Morgan fingerprint density at radius 2 is 1.74 bits per heavy atom. The predicted octanol–water partition coefficient (Wildman–Crippen LogP) is 3.28. The molecule has 2 fully saturated rings. The normalized spacial score (nSPS) is 17.4. The number of carbonyl (C=O) groups is 2. The van der Waals surface area contributed by atoms with Crippen LogP contribution in [0.5, 0.6) is 0 Å². The Morgan fingerprint density at radius 1 is 1.03 bits per heavy atom. The Bertz CT molecular complexity index is 1100. The zero-order valence-corrected chi connectivity index (χ0v) is 20.5. The lowest BCUT2D eigenvalue weighted by molar-refractivity contribution is 0.0626. The molecule has 0 spiro atoms. The highest BCUT2D eigenvalue weighted by atomic mass is 19.1. The number of hydrogen-bond acceptors (Lipinski definition) is 4. The average Bonchev–Trinajstić information content (AvgIpc) is 2.86. The predicted molar refractivity (Wildman–Crippen MR) is 133 cm³/mol. The fourth-order valence-electron chi connectivity index (χ4n) is 5.15. The summed E-state index contributed by atoms with van der Waals surface area (Å²) in [5.74, 6) is -0.538. The topological polar surface area (TPSA) is 74.7 Å². The lowest BCUT2D eigenvalue weighted by Gasteiger charge is -2.34. The number of aromatic nitrogens is 1. The molecule has 1 saturated heterocycles. The van der Waals surface area contributed by atoms with E-state index in [-0.39, 0.29) is 22.9 Å². The van der Waals surface area contributed by atoms with E-state index in [4.69, 9.17) is 0 Å². The van der Waals surface area contributed by atoms with Crippen LogP contribution < -0.4 is 10.7 Å². The van der Waals surface area contributed by atoms with Gasteiger partial charge < -0.3 is 14.8 Å². The van der Waals surface area contributed by atoms with Gasteiger partial charge in [-0.2, -0.15) is 0 Å². The molecule has 35 heavy (non-hydrogen) atoms. The molecule has 2 aliphatic rings. The van der Waals surface area contributed by atoms with Gasteiger partial charge in [0.05, 0.1) is 0 Å². The Labute approximate surface area is 205 Å². The molecule has 1 saturated carbocycles. The van der Waals surface area contributed by atoms with Crippen molar-refractivity contribution in [3.8, 4) is 0 Å². The zero-order valence-electron chi connectivity index (χ0n) is 20.5. The molecule has 0 bridgehead atoms. The first-order valence-corrected chi connectivity index (χ1v) is 12.7. The van der Waals surface area contributed by atoms with Crippen molar-refractivity contribution >= 4 is 11.8 Å². The highest BCUT2D eigenvalue weighted by Crippen LogP contribution is 2.25. The van der Waals surface area contributed by atoms with Crippen molar-refractivity contribution in [1.82, 2.24) is 19.7 Å². The summed E-state index contributed by atoms with van der Waals surface area (Å²) in [6.07, 6.45) is 9.13. The SMILES string of the molecule is CCNC(=O)c1cn(CC2CCCCC2)cc(C(=O)N2CCN(Cc3cccc(F)c3)CC2)c1=O. The van der Waals surface area contributed by atoms with Crippen LogP contribution in [0.25, 0.3) is 0 Å². The highest BCUT2D eigenvalue weighted by molar-refractivity contribution is 5.99. The minimum Gasteiger partial charge on any atom is -0.352 e. The number of hydrogen-bond donors (Lipinski definition) is 1. The summed E-state index contributed by atoms with van der Waals surface area (Å²) in [4.78, 5) is 43.1. The minimum absolute atomic E-state index is 0.0262. The Kier molecular flexibility index (Phi) is 8.33. The monoisotopic (exact) mass is 482 g/mol. The van der Waals surface area contributed by atoms with Crippen LogP contribution in [0.4, 0.5) is 4.39 Å². The molecule has 2 amide bonds. The molecule has 4 rings (SSSR count). The first-order valence-electron chi connectivity index (χ1n) is 12.7. The first kappa shape index (κ1) is 25.1. The third kappa shape index (κ3) is 6.36. The van der Waals surface area contributed by atoms with Crippen LogP contribution in [-0.2, 0) is 13.1 Å². The van der Waals surface area contributed by atoms with Crippen LogP contribution in [0, 0.1) is 11.7 Å². The van der Waals surface area contributed by atoms with Crippen LogP contribution in [0.15, 0.2) is 41.5 Å². The highest BCUT2D eigenvalue weighted by Gasteiger charge is 2.27. The molecule has 1 aliphatic heterocycles. The van der Waals surface area contributed by atoms with Gasteiger partial charge in [-0.15, -0.1) is 0 Å². The largest absolute Gasteiger partial charge is 0.352 e. The Balaban J connectivity index is 1.49. The molecule has 1 aromatic carbocycles. The van der Waals surface area contributed by atoms with Crippen molar-refractivity contribution in [2.45, 2.75) is 52.1 Å². The van der Waals surface area contributed by atoms with Gasteiger partial charge >= 0.3 is 0 Å². The molecule has 2 heterocycles. The maximum absolute atomic E-state index is 13.5. The van der Waals surface area contributed by atoms with Gasteiger partial charge in [-0.3, -0.25) is 19.3 Å². The average molecular weight is 483 g/mol. The quantitative estimate of drug-likeness (QED) is 0.657.